The van der Waals surface area contributed by atoms with Gasteiger partial charge in [0.1, 0.15) is 12.4 Å². The van der Waals surface area contributed by atoms with E-state index in [2.05, 4.69) is 10.2 Å². The maximum absolute atomic E-state index is 13.5. The molecule has 8 nitrogen and oxygen atoms in total. The number of carbonyl (C=O) groups is 2. The first kappa shape index (κ1) is 17.8. The molecule has 1 atom stereocenters. The Kier molecular flexibility index (Phi) is 5.12. The maximum atomic E-state index is 13.5. The molecule has 1 aliphatic heterocycles. The highest BCUT2D eigenvalue weighted by Crippen LogP contribution is 2.19. The van der Waals surface area contributed by atoms with E-state index >= 15 is 0 Å². The molecule has 1 fully saturated rings. The van der Waals surface area contributed by atoms with Gasteiger partial charge in [-0.3, -0.25) is 14.7 Å². The summed E-state index contributed by atoms with van der Waals surface area (Å²) in [6.45, 7) is 0.467. The van der Waals surface area contributed by atoms with E-state index < -0.39 is 29.6 Å². The zero-order chi connectivity index (χ0) is 18.7. The standard InChI is InChI=1S/C16H16F2N4O4/c17-9-1-2-13(11(18)5-9)26-8-10-6-12(21-20-10)16(24)22-3-4-25-14(7-22)15(19)23/h1-2,5-6,14H,3-4,7-8H2,(H2,19,23)(H,20,21)/t14-/m1/s1. The van der Waals surface area contributed by atoms with Gasteiger partial charge in [0.2, 0.25) is 5.91 Å². The van der Waals surface area contributed by atoms with Gasteiger partial charge in [-0.1, -0.05) is 0 Å². The second-order valence-corrected chi connectivity index (χ2v) is 5.65. The number of ether oxygens (including phenoxy) is 2. The molecule has 0 unspecified atom stereocenters. The van der Waals surface area contributed by atoms with E-state index in [0.717, 1.165) is 6.07 Å². The second kappa shape index (κ2) is 7.48. The van der Waals surface area contributed by atoms with Gasteiger partial charge in [-0.15, -0.1) is 0 Å². The molecule has 0 bridgehead atoms. The molecule has 2 heterocycles. The Hall–Kier alpha value is -3.01. The lowest BCUT2D eigenvalue weighted by Gasteiger charge is -2.30. The average molecular weight is 366 g/mol. The largest absolute Gasteiger partial charge is 0.484 e. The van der Waals surface area contributed by atoms with E-state index in [0.29, 0.717) is 18.3 Å². The van der Waals surface area contributed by atoms with Gasteiger partial charge in [0.05, 0.1) is 18.8 Å². The van der Waals surface area contributed by atoms with Crippen molar-refractivity contribution in [3.8, 4) is 5.75 Å². The summed E-state index contributed by atoms with van der Waals surface area (Å²) in [6.07, 6.45) is -0.851. The summed E-state index contributed by atoms with van der Waals surface area (Å²) in [4.78, 5) is 25.1. The van der Waals surface area contributed by atoms with E-state index in [1.807, 2.05) is 0 Å². The zero-order valence-electron chi connectivity index (χ0n) is 13.6. The number of halogens is 2. The summed E-state index contributed by atoms with van der Waals surface area (Å²) in [6, 6.07) is 4.42. The molecule has 3 rings (SSSR count). The smallest absolute Gasteiger partial charge is 0.274 e. The number of carbonyl (C=O) groups excluding carboxylic acids is 2. The Morgan fingerprint density at radius 3 is 2.92 bits per heavy atom. The number of hydrogen-bond donors (Lipinski definition) is 2. The molecule has 2 aromatic rings. The predicted octanol–water partition coefficient (Wildman–Crippen LogP) is 0.593. The number of nitrogens with one attached hydrogen (secondary N) is 1. The van der Waals surface area contributed by atoms with E-state index in [4.69, 9.17) is 15.2 Å². The molecule has 2 amide bonds. The lowest BCUT2D eigenvalue weighted by Crippen LogP contribution is -2.50. The van der Waals surface area contributed by atoms with E-state index in [-0.39, 0.29) is 31.2 Å². The van der Waals surface area contributed by atoms with Crippen LogP contribution in [-0.2, 0) is 16.1 Å². The lowest BCUT2D eigenvalue weighted by atomic mass is 10.2. The third-order valence-corrected chi connectivity index (χ3v) is 3.80. The quantitative estimate of drug-likeness (QED) is 0.805. The molecule has 0 spiro atoms. The van der Waals surface area contributed by atoms with Crippen LogP contribution in [0.4, 0.5) is 8.78 Å². The van der Waals surface area contributed by atoms with Gasteiger partial charge in [0, 0.05) is 12.6 Å². The van der Waals surface area contributed by atoms with Crippen molar-refractivity contribution in [1.82, 2.24) is 15.1 Å². The van der Waals surface area contributed by atoms with Crippen LogP contribution in [0, 0.1) is 11.6 Å². The number of benzene rings is 1. The molecular weight excluding hydrogens is 350 g/mol. The number of aromatic amines is 1. The van der Waals surface area contributed by atoms with Crippen molar-refractivity contribution >= 4 is 11.8 Å². The minimum atomic E-state index is -0.851. The number of amides is 2. The van der Waals surface area contributed by atoms with E-state index in [9.17, 15) is 18.4 Å². The SMILES string of the molecule is NC(=O)[C@H]1CN(C(=O)c2cc(COc3ccc(F)cc3F)[nH]n2)CCO1. The van der Waals surface area contributed by atoms with Gasteiger partial charge in [-0.05, 0) is 18.2 Å². The second-order valence-electron chi connectivity index (χ2n) is 5.65. The first-order valence-corrected chi connectivity index (χ1v) is 7.76. The molecule has 138 valence electrons. The van der Waals surface area contributed by atoms with Gasteiger partial charge < -0.3 is 20.1 Å². The summed E-state index contributed by atoms with van der Waals surface area (Å²) in [7, 11) is 0. The van der Waals surface area contributed by atoms with Crippen LogP contribution in [-0.4, -0.2) is 52.7 Å². The predicted molar refractivity (Wildman–Crippen MR) is 84.1 cm³/mol. The maximum Gasteiger partial charge on any atom is 0.274 e. The van der Waals surface area contributed by atoms with Gasteiger partial charge in [-0.25, -0.2) is 8.78 Å². The Morgan fingerprint density at radius 2 is 2.19 bits per heavy atom. The molecule has 0 saturated carbocycles. The van der Waals surface area contributed by atoms with Crippen LogP contribution in [0.15, 0.2) is 24.3 Å². The monoisotopic (exact) mass is 366 g/mol. The lowest BCUT2D eigenvalue weighted by molar-refractivity contribution is -0.133. The third kappa shape index (κ3) is 3.97. The van der Waals surface area contributed by atoms with Crippen molar-refractivity contribution in [2.24, 2.45) is 5.73 Å². The van der Waals surface area contributed by atoms with Crippen molar-refractivity contribution < 1.29 is 27.8 Å². The molecular formula is C16H16F2N4O4. The van der Waals surface area contributed by atoms with Crippen LogP contribution in [0.2, 0.25) is 0 Å². The Balaban J connectivity index is 1.62. The first-order valence-electron chi connectivity index (χ1n) is 7.76. The molecule has 10 heteroatoms. The summed E-state index contributed by atoms with van der Waals surface area (Å²) < 4.78 is 36.8. The minimum Gasteiger partial charge on any atom is -0.484 e. The third-order valence-electron chi connectivity index (χ3n) is 3.80. The number of nitrogens with two attached hydrogens (primary N) is 1. The summed E-state index contributed by atoms with van der Waals surface area (Å²) >= 11 is 0. The van der Waals surface area contributed by atoms with Crippen LogP contribution in [0.5, 0.6) is 5.75 Å². The number of morpholine rings is 1. The van der Waals surface area contributed by atoms with Crippen LogP contribution < -0.4 is 10.5 Å². The fourth-order valence-corrected chi connectivity index (χ4v) is 2.46. The minimum absolute atomic E-state index is 0.0493. The van der Waals surface area contributed by atoms with Crippen LogP contribution in [0.25, 0.3) is 0 Å². The molecule has 26 heavy (non-hydrogen) atoms. The first-order chi connectivity index (χ1) is 12.4. The molecule has 0 aliphatic carbocycles. The number of nitrogens with zero attached hydrogens (tertiary/aromatic N) is 2. The Morgan fingerprint density at radius 1 is 1.38 bits per heavy atom. The summed E-state index contributed by atoms with van der Waals surface area (Å²) in [5, 5.41) is 6.52. The highest BCUT2D eigenvalue weighted by Gasteiger charge is 2.29. The highest BCUT2D eigenvalue weighted by atomic mass is 19.1. The molecule has 1 aromatic carbocycles. The van der Waals surface area contributed by atoms with Crippen molar-refractivity contribution in [1.29, 1.82) is 0 Å². The van der Waals surface area contributed by atoms with Crippen molar-refractivity contribution in [2.45, 2.75) is 12.7 Å². The highest BCUT2D eigenvalue weighted by molar-refractivity contribution is 5.93. The average Bonchev–Trinajstić information content (AvgIpc) is 3.09. The normalized spacial score (nSPS) is 17.2. The van der Waals surface area contributed by atoms with E-state index in [1.165, 1.54) is 17.0 Å². The summed E-state index contributed by atoms with van der Waals surface area (Å²) in [5.41, 5.74) is 5.74. The van der Waals surface area contributed by atoms with Crippen LogP contribution >= 0.6 is 0 Å². The van der Waals surface area contributed by atoms with Gasteiger partial charge >= 0.3 is 0 Å². The topological polar surface area (TPSA) is 111 Å². The van der Waals surface area contributed by atoms with Gasteiger partial charge in [0.25, 0.3) is 5.91 Å². The molecule has 0 radical (unpaired) electrons. The van der Waals surface area contributed by atoms with Gasteiger partial charge in [0.15, 0.2) is 23.4 Å². The van der Waals surface area contributed by atoms with Crippen molar-refractivity contribution in [3.05, 3.63) is 47.3 Å². The Labute approximate surface area is 146 Å². The number of rotatable bonds is 5. The Bertz CT molecular complexity index is 826. The van der Waals surface area contributed by atoms with E-state index in [1.54, 1.807) is 0 Å². The fourth-order valence-electron chi connectivity index (χ4n) is 2.46. The fraction of sp³-hybridized carbons (Fsp3) is 0.312. The van der Waals surface area contributed by atoms with Gasteiger partial charge in [-0.2, -0.15) is 5.10 Å². The number of hydrogen-bond acceptors (Lipinski definition) is 5. The number of aromatic nitrogens is 2. The zero-order valence-corrected chi connectivity index (χ0v) is 13.6. The van der Waals surface area contributed by atoms with Crippen molar-refractivity contribution in [2.75, 3.05) is 19.7 Å². The molecule has 1 aliphatic rings. The van der Waals surface area contributed by atoms with Crippen molar-refractivity contribution in [3.63, 3.8) is 0 Å². The summed E-state index contributed by atoms with van der Waals surface area (Å²) in [5.74, 6) is -2.68. The number of H-pyrrole nitrogens is 1. The molecule has 1 saturated heterocycles. The number of primary amides is 1. The van der Waals surface area contributed by atoms with Crippen LogP contribution in [0.1, 0.15) is 16.2 Å². The van der Waals surface area contributed by atoms with Crippen LogP contribution in [0.3, 0.4) is 0 Å². The molecule has 1 aromatic heterocycles. The molecule has 3 N–H and O–H groups in total.